The summed E-state index contributed by atoms with van der Waals surface area (Å²) in [5, 5.41) is 8.14. The average molecular weight is 255 g/mol. The van der Waals surface area contributed by atoms with Crippen LogP contribution in [-0.4, -0.2) is 37.3 Å². The molecule has 2 unspecified atom stereocenters. The Hall–Kier alpha value is -0.490. The maximum absolute atomic E-state index is 5.44. The van der Waals surface area contributed by atoms with Gasteiger partial charge in [0.05, 0.1) is 23.9 Å². The second-order valence-electron chi connectivity index (χ2n) is 4.54. The van der Waals surface area contributed by atoms with E-state index in [2.05, 4.69) is 36.4 Å². The van der Waals surface area contributed by atoms with E-state index in [1.54, 1.807) is 11.3 Å². The van der Waals surface area contributed by atoms with Crippen LogP contribution in [0.15, 0.2) is 0 Å². The van der Waals surface area contributed by atoms with E-state index in [1.165, 1.54) is 4.88 Å². The molecule has 4 nitrogen and oxygen atoms in total. The van der Waals surface area contributed by atoms with Gasteiger partial charge in [0.2, 0.25) is 0 Å². The van der Waals surface area contributed by atoms with Crippen molar-refractivity contribution in [2.45, 2.75) is 32.9 Å². The fourth-order valence-corrected chi connectivity index (χ4v) is 3.07. The van der Waals surface area contributed by atoms with Gasteiger partial charge in [0.15, 0.2) is 0 Å². The summed E-state index contributed by atoms with van der Waals surface area (Å²) in [7, 11) is 0. The molecule has 5 heteroatoms. The molecule has 1 aromatic rings. The van der Waals surface area contributed by atoms with Crippen LogP contribution in [0.4, 0.5) is 0 Å². The third kappa shape index (κ3) is 3.48. The summed E-state index contributed by atoms with van der Waals surface area (Å²) in [6, 6.07) is 0.797. The molecule has 0 amide bonds. The summed E-state index contributed by atoms with van der Waals surface area (Å²) < 4.78 is 5.44. The molecule has 0 saturated carbocycles. The molecule has 0 aliphatic carbocycles. The highest BCUT2D eigenvalue weighted by molar-refractivity contribution is 7.11. The topological polar surface area (TPSA) is 46.2 Å². The molecule has 17 heavy (non-hydrogen) atoms. The molecule has 2 atom stereocenters. The first-order chi connectivity index (χ1) is 8.16. The highest BCUT2D eigenvalue weighted by Gasteiger charge is 2.16. The van der Waals surface area contributed by atoms with Gasteiger partial charge in [0, 0.05) is 30.1 Å². The Morgan fingerprint density at radius 2 is 2.41 bits per heavy atom. The normalized spacial score (nSPS) is 22.6. The molecule has 1 saturated heterocycles. The van der Waals surface area contributed by atoms with Crippen LogP contribution in [0.25, 0.3) is 0 Å². The van der Waals surface area contributed by atoms with E-state index in [4.69, 9.17) is 4.74 Å². The Morgan fingerprint density at radius 1 is 1.59 bits per heavy atom. The smallest absolute Gasteiger partial charge is 0.0900 e. The van der Waals surface area contributed by atoms with E-state index in [0.29, 0.717) is 12.1 Å². The third-order valence-electron chi connectivity index (χ3n) is 3.00. The van der Waals surface area contributed by atoms with Crippen molar-refractivity contribution < 1.29 is 4.74 Å². The summed E-state index contributed by atoms with van der Waals surface area (Å²) in [5.41, 5.74) is 1.15. The summed E-state index contributed by atoms with van der Waals surface area (Å²) in [6.07, 6.45) is 0. The molecular formula is C12H21N3OS. The Balaban J connectivity index is 1.84. The Morgan fingerprint density at radius 3 is 3.00 bits per heavy atom. The molecule has 1 aliphatic heterocycles. The first kappa shape index (κ1) is 13.0. The Kier molecular flexibility index (Phi) is 4.50. The molecule has 2 heterocycles. The van der Waals surface area contributed by atoms with Crippen molar-refractivity contribution in [2.75, 3.05) is 26.3 Å². The largest absolute Gasteiger partial charge is 0.378 e. The van der Waals surface area contributed by atoms with Gasteiger partial charge >= 0.3 is 0 Å². The predicted molar refractivity (Wildman–Crippen MR) is 70.6 cm³/mol. The van der Waals surface area contributed by atoms with Crippen molar-refractivity contribution in [3.8, 4) is 0 Å². The number of morpholine rings is 1. The number of hydrogen-bond acceptors (Lipinski definition) is 5. The van der Waals surface area contributed by atoms with Crippen molar-refractivity contribution in [3.63, 3.8) is 0 Å². The van der Waals surface area contributed by atoms with E-state index < -0.39 is 0 Å². The van der Waals surface area contributed by atoms with Crippen LogP contribution in [0.1, 0.15) is 28.5 Å². The lowest BCUT2D eigenvalue weighted by molar-refractivity contribution is 0.0760. The van der Waals surface area contributed by atoms with Gasteiger partial charge < -0.3 is 15.4 Å². The molecule has 0 bridgehead atoms. The minimum Gasteiger partial charge on any atom is -0.378 e. The number of rotatable bonds is 4. The Bertz CT molecular complexity index is 361. The zero-order valence-electron chi connectivity index (χ0n) is 10.7. The lowest BCUT2D eigenvalue weighted by atomic mass is 10.2. The highest BCUT2D eigenvalue weighted by Crippen LogP contribution is 2.24. The van der Waals surface area contributed by atoms with Crippen LogP contribution >= 0.6 is 11.3 Å². The molecule has 0 spiro atoms. The van der Waals surface area contributed by atoms with Crippen LogP contribution in [0, 0.1) is 13.8 Å². The van der Waals surface area contributed by atoms with Crippen LogP contribution in [-0.2, 0) is 4.74 Å². The quantitative estimate of drug-likeness (QED) is 0.854. The summed E-state index contributed by atoms with van der Waals surface area (Å²) in [4.78, 5) is 5.81. The minimum atomic E-state index is 0.366. The van der Waals surface area contributed by atoms with E-state index in [9.17, 15) is 0 Å². The van der Waals surface area contributed by atoms with Gasteiger partial charge in [-0.25, -0.2) is 4.98 Å². The molecule has 2 N–H and O–H groups in total. The van der Waals surface area contributed by atoms with Gasteiger partial charge in [-0.15, -0.1) is 11.3 Å². The van der Waals surface area contributed by atoms with Crippen LogP contribution < -0.4 is 10.6 Å². The van der Waals surface area contributed by atoms with Crippen molar-refractivity contribution in [1.82, 2.24) is 15.6 Å². The molecule has 2 rings (SSSR count). The third-order valence-corrected chi connectivity index (χ3v) is 4.26. The molecule has 1 aromatic heterocycles. The van der Waals surface area contributed by atoms with Gasteiger partial charge in [-0.05, 0) is 20.8 Å². The first-order valence-corrected chi connectivity index (χ1v) is 6.97. The Labute approximate surface area is 107 Å². The lowest BCUT2D eigenvalue weighted by Gasteiger charge is -2.25. The predicted octanol–water partition coefficient (Wildman–Crippen LogP) is 1.40. The molecule has 96 valence electrons. The number of ether oxygens (including phenoxy) is 1. The molecule has 1 fully saturated rings. The van der Waals surface area contributed by atoms with Crippen molar-refractivity contribution in [3.05, 3.63) is 15.6 Å². The lowest BCUT2D eigenvalue weighted by Crippen LogP contribution is -2.47. The SMILES string of the molecule is Cc1nc(C)c(C(C)NCC2COCCN2)s1. The van der Waals surface area contributed by atoms with Gasteiger partial charge in [0.1, 0.15) is 0 Å². The van der Waals surface area contributed by atoms with E-state index in [0.717, 1.165) is 37.0 Å². The maximum Gasteiger partial charge on any atom is 0.0900 e. The summed E-state index contributed by atoms with van der Waals surface area (Å²) in [5.74, 6) is 0. The van der Waals surface area contributed by atoms with Crippen molar-refractivity contribution in [2.24, 2.45) is 0 Å². The summed E-state index contributed by atoms with van der Waals surface area (Å²) in [6.45, 7) is 9.88. The second-order valence-corrected chi connectivity index (χ2v) is 5.77. The van der Waals surface area contributed by atoms with E-state index >= 15 is 0 Å². The van der Waals surface area contributed by atoms with Crippen LogP contribution in [0.5, 0.6) is 0 Å². The van der Waals surface area contributed by atoms with Gasteiger partial charge in [-0.1, -0.05) is 0 Å². The number of hydrogen-bond donors (Lipinski definition) is 2. The fourth-order valence-electron chi connectivity index (χ4n) is 2.11. The van der Waals surface area contributed by atoms with Gasteiger partial charge in [-0.3, -0.25) is 0 Å². The van der Waals surface area contributed by atoms with Crippen molar-refractivity contribution >= 4 is 11.3 Å². The van der Waals surface area contributed by atoms with E-state index in [1.807, 2.05) is 0 Å². The number of aromatic nitrogens is 1. The van der Waals surface area contributed by atoms with Gasteiger partial charge in [-0.2, -0.15) is 0 Å². The zero-order valence-corrected chi connectivity index (χ0v) is 11.6. The number of thiazole rings is 1. The minimum absolute atomic E-state index is 0.366. The van der Waals surface area contributed by atoms with Crippen LogP contribution in [0.2, 0.25) is 0 Å². The summed E-state index contributed by atoms with van der Waals surface area (Å²) >= 11 is 1.78. The van der Waals surface area contributed by atoms with Gasteiger partial charge in [0.25, 0.3) is 0 Å². The number of nitrogens with zero attached hydrogens (tertiary/aromatic N) is 1. The van der Waals surface area contributed by atoms with E-state index in [-0.39, 0.29) is 0 Å². The molecule has 0 radical (unpaired) electrons. The van der Waals surface area contributed by atoms with Crippen LogP contribution in [0.3, 0.4) is 0 Å². The fraction of sp³-hybridized carbons (Fsp3) is 0.750. The standard InChI is InChI=1S/C12H21N3OS/c1-8(12-9(2)15-10(3)17-12)14-6-11-7-16-5-4-13-11/h8,11,13-14H,4-7H2,1-3H3. The maximum atomic E-state index is 5.44. The molecule has 1 aliphatic rings. The zero-order chi connectivity index (χ0) is 12.3. The molecule has 0 aromatic carbocycles. The average Bonchev–Trinajstić information content (AvgIpc) is 2.67. The monoisotopic (exact) mass is 255 g/mol. The first-order valence-electron chi connectivity index (χ1n) is 6.15. The second kappa shape index (κ2) is 5.91. The number of nitrogens with one attached hydrogen (secondary N) is 2. The highest BCUT2D eigenvalue weighted by atomic mass is 32.1. The molecular weight excluding hydrogens is 234 g/mol. The number of aryl methyl sites for hydroxylation is 2. The van der Waals surface area contributed by atoms with Crippen molar-refractivity contribution in [1.29, 1.82) is 0 Å².